The number of benzene rings is 7. The predicted octanol–water partition coefficient (Wildman–Crippen LogP) is 11.0. The Bertz CT molecular complexity index is 2880. The van der Waals surface area contributed by atoms with Crippen LogP contribution in [0, 0.1) is 0 Å². The van der Waals surface area contributed by atoms with Crippen molar-refractivity contribution in [2.75, 3.05) is 0 Å². The maximum Gasteiger partial charge on any atom is 0.135 e. The van der Waals surface area contributed by atoms with Gasteiger partial charge in [0.1, 0.15) is 11.5 Å². The zero-order valence-corrected chi connectivity index (χ0v) is 22.0. The number of rotatable bonds is 3. The Morgan fingerprint density at radius 1 is 0.524 bits per heavy atom. The molecule has 1 aliphatic heterocycles. The Morgan fingerprint density at radius 2 is 1.31 bits per heavy atom. The summed E-state index contributed by atoms with van der Waals surface area (Å²) in [4.78, 5) is 0. The monoisotopic (exact) mass is 545 g/mol. The van der Waals surface area contributed by atoms with Gasteiger partial charge in [-0.1, -0.05) is 103 Å². The van der Waals surface area contributed by atoms with Gasteiger partial charge in [-0.3, -0.25) is 0 Å². The molecule has 1 aliphatic rings. The number of hydrogen-bond acceptors (Lipinski definition) is 1. The van der Waals surface area contributed by atoms with E-state index in [1.165, 1.54) is 0 Å². The summed E-state index contributed by atoms with van der Waals surface area (Å²) in [5.41, 5.74) is 4.34. The molecular weight excluding hydrogens is 510 g/mol. The highest BCUT2D eigenvalue weighted by molar-refractivity contribution is 6.16. The molecule has 7 aromatic carbocycles. The molecule has 0 spiro atoms. The van der Waals surface area contributed by atoms with E-state index >= 15 is 0 Å². The van der Waals surface area contributed by atoms with Crippen molar-refractivity contribution in [1.82, 2.24) is 4.57 Å². The molecule has 196 valence electrons. The lowest BCUT2D eigenvalue weighted by Crippen LogP contribution is -1.97. The van der Waals surface area contributed by atoms with Crippen molar-refractivity contribution >= 4 is 32.6 Å². The van der Waals surface area contributed by atoms with E-state index in [2.05, 4.69) is 4.57 Å². The maximum absolute atomic E-state index is 9.59. The lowest BCUT2D eigenvalue weighted by Gasteiger charge is -2.22. The molecule has 1 aromatic heterocycles. The van der Waals surface area contributed by atoms with Crippen molar-refractivity contribution < 1.29 is 18.4 Å². The van der Waals surface area contributed by atoms with Crippen LogP contribution in [0.5, 0.6) is 11.5 Å². The maximum atomic E-state index is 9.59. The highest BCUT2D eigenvalue weighted by atomic mass is 16.5. The number of hydrogen-bond donors (Lipinski definition) is 0. The third-order valence-electron chi connectivity index (χ3n) is 7.82. The Kier molecular flexibility index (Phi) is 3.29. The summed E-state index contributed by atoms with van der Waals surface area (Å²) in [5, 5.41) is 1.75. The smallest absolute Gasteiger partial charge is 0.135 e. The molecule has 0 aliphatic carbocycles. The van der Waals surface area contributed by atoms with Gasteiger partial charge in [-0.15, -0.1) is 0 Å². The van der Waals surface area contributed by atoms with Crippen LogP contribution in [0.3, 0.4) is 0 Å². The lowest BCUT2D eigenvalue weighted by atomic mass is 9.91. The van der Waals surface area contributed by atoms with Gasteiger partial charge in [0.15, 0.2) is 0 Å². The molecule has 42 heavy (non-hydrogen) atoms. The van der Waals surface area contributed by atoms with E-state index in [-0.39, 0.29) is 75.2 Å². The minimum atomic E-state index is -0.454. The van der Waals surface area contributed by atoms with Gasteiger partial charge in [-0.25, -0.2) is 0 Å². The summed E-state index contributed by atoms with van der Waals surface area (Å²) in [6, 6.07) is 24.7. The summed E-state index contributed by atoms with van der Waals surface area (Å²) in [6.45, 7) is 0. The standard InChI is InChI=1S/C40H25NO/c1-2-14-30(15-3-1)41-35-19-5-4-16-33(35)40-31(17-9-20-36(40)41)29-13-6-12-27(24-29)28-22-23-37-34(25-28)32-18-7-10-26-11-8-21-38(42-37)39(26)32/h1-25H/i6D,7D,8D,10D,11D,12D,13D,18D,21D,24D. The second-order valence-electron chi connectivity index (χ2n) is 10.2. The van der Waals surface area contributed by atoms with Crippen LogP contribution in [0.15, 0.2) is 151 Å². The molecule has 9 rings (SSSR count). The minimum absolute atomic E-state index is 0.0672. The molecule has 0 bridgehead atoms. The Balaban J connectivity index is 1.33. The van der Waals surface area contributed by atoms with Crippen molar-refractivity contribution in [3.8, 4) is 50.6 Å². The lowest BCUT2D eigenvalue weighted by molar-refractivity contribution is 0.487. The number of ether oxygens (including phenoxy) is 1. The average Bonchev–Trinajstić information content (AvgIpc) is 3.50. The van der Waals surface area contributed by atoms with Crippen LogP contribution in [0.25, 0.3) is 71.6 Å². The molecule has 2 heteroatoms. The SMILES string of the molecule is [2H]c1c([2H])c(-c2ccc3c(c2)-c2c([2H])c([2H])c([2H])c4c([2H])c([2H])c([2H])c(c24)O3)c([2H])c(-c2cccc3c2c2ccccc2n3-c2ccccc2)c1[2H]. The van der Waals surface area contributed by atoms with Crippen LogP contribution in [0.2, 0.25) is 0 Å². The van der Waals surface area contributed by atoms with E-state index < -0.39 is 24.2 Å². The molecule has 0 fully saturated rings. The first kappa shape index (κ1) is 15.4. The molecule has 0 saturated carbocycles. The van der Waals surface area contributed by atoms with E-state index in [0.717, 1.165) is 27.5 Å². The van der Waals surface area contributed by atoms with E-state index in [1.807, 2.05) is 72.8 Å². The molecule has 0 N–H and O–H groups in total. The molecule has 0 atom stereocenters. The van der Waals surface area contributed by atoms with E-state index in [4.69, 9.17) is 17.1 Å². The van der Waals surface area contributed by atoms with Gasteiger partial charge in [-0.05, 0) is 81.7 Å². The third-order valence-corrected chi connectivity index (χ3v) is 7.82. The second-order valence-corrected chi connectivity index (χ2v) is 10.2. The zero-order chi connectivity index (χ0) is 36.3. The Labute approximate surface area is 257 Å². The molecule has 2 nitrogen and oxygen atoms in total. The summed E-state index contributed by atoms with van der Waals surface area (Å²) >= 11 is 0. The van der Waals surface area contributed by atoms with Gasteiger partial charge < -0.3 is 9.30 Å². The van der Waals surface area contributed by atoms with Crippen molar-refractivity contribution in [1.29, 1.82) is 0 Å². The number of aromatic nitrogens is 1. The van der Waals surface area contributed by atoms with Gasteiger partial charge in [0, 0.05) is 27.4 Å². The summed E-state index contributed by atoms with van der Waals surface area (Å²) in [6.07, 6.45) is 0. The molecule has 8 aromatic rings. The molecule has 0 radical (unpaired) electrons. The predicted molar refractivity (Wildman–Crippen MR) is 175 cm³/mol. The fraction of sp³-hybridized carbons (Fsp3) is 0. The second kappa shape index (κ2) is 8.95. The Morgan fingerprint density at radius 3 is 2.24 bits per heavy atom. The van der Waals surface area contributed by atoms with Crippen molar-refractivity contribution in [3.63, 3.8) is 0 Å². The number of nitrogens with zero attached hydrogens (tertiary/aromatic N) is 1. The fourth-order valence-corrected chi connectivity index (χ4v) is 6.00. The Hall–Kier alpha value is -5.60. The number of fused-ring (bicyclic) bond motifs is 5. The van der Waals surface area contributed by atoms with Crippen LogP contribution < -0.4 is 4.74 Å². The quantitative estimate of drug-likeness (QED) is 0.215. The van der Waals surface area contributed by atoms with Crippen molar-refractivity contribution in [2.24, 2.45) is 0 Å². The zero-order valence-electron chi connectivity index (χ0n) is 32.0. The molecule has 0 amide bonds. The van der Waals surface area contributed by atoms with Gasteiger partial charge in [0.05, 0.1) is 24.7 Å². The summed E-state index contributed by atoms with van der Waals surface area (Å²) < 4.78 is 96.2. The molecular formula is C40H25NO. The van der Waals surface area contributed by atoms with Gasteiger partial charge in [0.2, 0.25) is 0 Å². The first-order valence-electron chi connectivity index (χ1n) is 18.5. The van der Waals surface area contributed by atoms with E-state index in [0.29, 0.717) is 16.7 Å². The first-order chi connectivity index (χ1) is 25.0. The summed E-state index contributed by atoms with van der Waals surface area (Å²) in [7, 11) is 0. The van der Waals surface area contributed by atoms with E-state index in [9.17, 15) is 1.37 Å². The van der Waals surface area contributed by atoms with Crippen LogP contribution >= 0.6 is 0 Å². The van der Waals surface area contributed by atoms with Gasteiger partial charge in [0.25, 0.3) is 0 Å². The van der Waals surface area contributed by atoms with Crippen molar-refractivity contribution in [3.05, 3.63) is 151 Å². The number of para-hydroxylation sites is 2. The largest absolute Gasteiger partial charge is 0.456 e. The van der Waals surface area contributed by atoms with Crippen molar-refractivity contribution in [2.45, 2.75) is 0 Å². The molecule has 0 saturated heterocycles. The van der Waals surface area contributed by atoms with Crippen LogP contribution in [0.4, 0.5) is 0 Å². The third kappa shape index (κ3) is 3.39. The van der Waals surface area contributed by atoms with Crippen LogP contribution in [-0.2, 0) is 0 Å². The highest BCUT2D eigenvalue weighted by Gasteiger charge is 2.21. The highest BCUT2D eigenvalue weighted by Crippen LogP contribution is 2.47. The van der Waals surface area contributed by atoms with Gasteiger partial charge in [-0.2, -0.15) is 0 Å². The average molecular weight is 546 g/mol. The molecule has 2 heterocycles. The van der Waals surface area contributed by atoms with E-state index in [1.54, 1.807) is 18.2 Å². The summed E-state index contributed by atoms with van der Waals surface area (Å²) in [5.74, 6) is 0.126. The topological polar surface area (TPSA) is 14.2 Å². The minimum Gasteiger partial charge on any atom is -0.456 e. The first-order valence-corrected chi connectivity index (χ1v) is 13.5. The normalized spacial score (nSPS) is 15.3. The van der Waals surface area contributed by atoms with Crippen LogP contribution in [-0.4, -0.2) is 4.57 Å². The molecule has 0 unspecified atom stereocenters. The van der Waals surface area contributed by atoms with Crippen LogP contribution in [0.1, 0.15) is 13.7 Å². The van der Waals surface area contributed by atoms with Gasteiger partial charge >= 0.3 is 0 Å². The fourth-order valence-electron chi connectivity index (χ4n) is 6.00.